The molecule has 0 aromatic heterocycles. The van der Waals surface area contributed by atoms with Gasteiger partial charge in [0.25, 0.3) is 0 Å². The van der Waals surface area contributed by atoms with Crippen molar-refractivity contribution >= 4 is 0 Å². The highest BCUT2D eigenvalue weighted by Gasteiger charge is 2.13. The van der Waals surface area contributed by atoms with Gasteiger partial charge in [-0.2, -0.15) is 0 Å². The van der Waals surface area contributed by atoms with Crippen LogP contribution in [0.5, 0.6) is 51.7 Å². The highest BCUT2D eigenvalue weighted by atomic mass is 16.3. The third kappa shape index (κ3) is 42.7. The Morgan fingerprint density at radius 2 is 0.380 bits per heavy atom. The van der Waals surface area contributed by atoms with Crippen LogP contribution in [-0.2, 0) is 0 Å². The predicted molar refractivity (Wildman–Crippen MR) is 423 cm³/mol. The van der Waals surface area contributed by atoms with Gasteiger partial charge in [0, 0.05) is 69.7 Å². The maximum Gasteiger partial charge on any atom is 0.115 e. The topological polar surface area (TPSA) is 472 Å². The van der Waals surface area contributed by atoms with Crippen molar-refractivity contribution in [3.63, 3.8) is 0 Å². The first-order valence-electron chi connectivity index (χ1n) is 54.4. The first kappa shape index (κ1) is 43.6. The molecular weight excluding hydrogens is 1390 g/mol. The van der Waals surface area contributed by atoms with E-state index in [4.69, 9.17) is 65.8 Å². The summed E-state index contributed by atoms with van der Waals surface area (Å²) in [4.78, 5) is 0. The average molecular weight is 1550 g/mol. The first-order valence-corrected chi connectivity index (χ1v) is 30.4. The smallest absolute Gasteiger partial charge is 0.115 e. The fourth-order valence-electron chi connectivity index (χ4n) is 6.55. The van der Waals surface area contributed by atoms with E-state index in [1.54, 1.807) is 21.1 Å². The maximum absolute atomic E-state index is 9.95. The van der Waals surface area contributed by atoms with E-state index in [0.29, 0.717) is 0 Å². The van der Waals surface area contributed by atoms with Crippen molar-refractivity contribution < 1.29 is 158 Å². The molecule has 0 saturated carbocycles. The van der Waals surface area contributed by atoms with Crippen LogP contribution in [0.25, 0.3) is 0 Å². The van der Waals surface area contributed by atoms with Gasteiger partial charge in [-0.05, 0) is 222 Å². The van der Waals surface area contributed by atoms with E-state index in [1.807, 2.05) is 10.6 Å². The second-order valence-corrected chi connectivity index (χ2v) is 19.4. The van der Waals surface area contributed by atoms with Crippen LogP contribution in [0, 0.1) is 0 Å². The lowest BCUT2D eigenvalue weighted by atomic mass is 10.1. The van der Waals surface area contributed by atoms with Gasteiger partial charge in [0.05, 0.1) is 110 Å². The summed E-state index contributed by atoms with van der Waals surface area (Å²) in [6.07, 6.45) is -18.0. The van der Waals surface area contributed by atoms with Gasteiger partial charge < -0.3 is 140 Å². The lowest BCUT2D eigenvalue weighted by Crippen LogP contribution is -2.16. The number of benzene rings is 9. The minimum Gasteiger partial charge on any atom is -0.508 e. The molecule has 27 N–H and O–H groups in total. The standard InChI is InChI=1S/9C9H13NO2/c9*1-10-6-9(12)7-3-2-4-8(11)5-7/h9*2-5,9-12H,6H2,1H3/t5*9-;;;;/m10000..../s1/i2D,3D,4D,5D;2D,3D,4D,5D,6D2,9D;2D,3D,4D,5D,9D;2D,3D,4D,5D,6D2;2D,3D,4D,5D;2D,3D,4D,5D,6D2,9D;2D,3D,4D,5D,9D;2D,3D,4D,5D,6D2;2D,3D,4D,5D. The number of rotatable bonds is 27. The zero-order chi connectivity index (χ0) is 123. The molecule has 0 aliphatic heterocycles. The molecule has 0 aliphatic rings. The molecule has 0 amide bonds. The second kappa shape index (κ2) is 57.6. The van der Waals surface area contributed by atoms with E-state index in [1.165, 1.54) is 28.2 Å². The van der Waals surface area contributed by atoms with E-state index in [2.05, 4.69) is 37.2 Å². The third-order valence-electron chi connectivity index (χ3n) is 11.1. The summed E-state index contributed by atoms with van der Waals surface area (Å²) >= 11 is 0. The Balaban J connectivity index is 0.000000878. The average Bonchev–Trinajstić information content (AvgIpc) is 0.742. The van der Waals surface area contributed by atoms with Crippen LogP contribution in [0.3, 0.4) is 0 Å². The van der Waals surface area contributed by atoms with Gasteiger partial charge in [0.2, 0.25) is 0 Å². The van der Waals surface area contributed by atoms with Crippen LogP contribution >= 0.6 is 0 Å². The molecule has 4 unspecified atom stereocenters. The summed E-state index contributed by atoms with van der Waals surface area (Å²) in [5, 5.41) is 194. The maximum atomic E-state index is 9.95. The molecule has 0 spiro atoms. The van der Waals surface area contributed by atoms with E-state index in [9.17, 15) is 91.9 Å². The molecule has 9 atom stereocenters. The molecule has 9 aromatic rings. The monoisotopic (exact) mass is 1550 g/mol. The number of hydrogen-bond donors (Lipinski definition) is 27. The van der Waals surface area contributed by atoms with E-state index in [-0.39, 0.29) is 49.4 Å². The number of nitrogens with one attached hydrogen (secondary N) is 9. The number of phenolic OH excluding ortho intramolecular Hbond substituents is 9. The largest absolute Gasteiger partial charge is 0.508 e. The van der Waals surface area contributed by atoms with Crippen molar-refractivity contribution in [2.75, 3.05) is 122 Å². The molecule has 9 aromatic carbocycles. The van der Waals surface area contributed by atoms with Crippen LogP contribution < -0.4 is 47.9 Å². The molecule has 27 nitrogen and oxygen atoms in total. The van der Waals surface area contributed by atoms with Gasteiger partial charge in [-0.3, -0.25) is 0 Å². The van der Waals surface area contributed by atoms with E-state index < -0.39 is 383 Å². The zero-order valence-corrected chi connectivity index (χ0v) is 59.0. The highest BCUT2D eigenvalue weighted by Crippen LogP contribution is 2.24. The van der Waals surface area contributed by atoms with Crippen molar-refractivity contribution in [3.05, 3.63) is 268 Å². The Morgan fingerprint density at radius 3 is 0.556 bits per heavy atom. The molecule has 0 bridgehead atoms. The van der Waals surface area contributed by atoms with Gasteiger partial charge in [-0.1, -0.05) is 109 Å². The van der Waals surface area contributed by atoms with Crippen LogP contribution in [0.15, 0.2) is 218 Å². The van der Waals surface area contributed by atoms with Gasteiger partial charge in [0.1, 0.15) is 51.7 Å². The minimum atomic E-state index is -3.07. The van der Waals surface area contributed by atoms with Crippen LogP contribution in [0.1, 0.15) is 171 Å². The van der Waals surface area contributed by atoms with Crippen LogP contribution in [-0.4, -0.2) is 214 Å². The van der Waals surface area contributed by atoms with Crippen molar-refractivity contribution in [1.29, 1.82) is 0 Å². The van der Waals surface area contributed by atoms with Gasteiger partial charge in [0.15, 0.2) is 0 Å². The number of phenols is 9. The van der Waals surface area contributed by atoms with Gasteiger partial charge in [-0.15, -0.1) is 0 Å². The quantitative estimate of drug-likeness (QED) is 0.0289. The Bertz CT molecular complexity index is 5830. The SMILES string of the molecule is [2H]c1c([2H])c(O)c([2H])c(C(O)C([2H])([2H])NC)c1[2H].[2H]c1c([2H])c(O)c([2H])c(C(O)CNC)c1[2H].[2H]c1c([2H])c(O)c([2H])c(C([2H])(O)C([2H])([2H])NC)c1[2H].[2H]c1c([2H])c(O)c([2H])c(C([2H])(O)CNC)c1[2H].[2H]c1c([2H])c(O)c([2H])c([C@@H](O)C([2H])([2H])NC)c1[2H].[2H]c1c([2H])c(O)c([2H])c([C@@H](O)CNC)c1[2H].[2H]c1c([2H])c(O)c([2H])c([C@@]([2H])(O)C([2H])([2H])NC)c1[2H].[2H]c1c([2H])c(O)c([2H])c([C@@]([2H])(O)CNC)c1[2H].[2H]c1c([2H])c(O)c([2H])c([C@H](O)CNC)c1[2H]. The van der Waals surface area contributed by atoms with Crippen molar-refractivity contribution in [2.45, 2.75) is 54.8 Å². The number of hydrogen-bond acceptors (Lipinski definition) is 27. The van der Waals surface area contributed by atoms with Crippen molar-refractivity contribution in [1.82, 2.24) is 47.9 Å². The zero-order valence-electron chi connectivity index (χ0n) is 107. The summed E-state index contributed by atoms with van der Waals surface area (Å²) in [5.74, 6) is -7.29. The lowest BCUT2D eigenvalue weighted by molar-refractivity contribution is 0.177. The Morgan fingerprint density at radius 1 is 0.222 bits per heavy atom. The van der Waals surface area contributed by atoms with Crippen molar-refractivity contribution in [3.8, 4) is 51.7 Å². The molecule has 0 aliphatic carbocycles. The molecule has 0 radical (unpaired) electrons. The van der Waals surface area contributed by atoms with Crippen LogP contribution in [0.2, 0.25) is 0 Å². The lowest BCUT2D eigenvalue weighted by Gasteiger charge is -2.09. The van der Waals surface area contributed by atoms with E-state index >= 15 is 0 Å². The normalized spacial score (nSPS) is 20.8. The first-order chi connectivity index (χ1) is 71.0. The molecule has 108 heavy (non-hydrogen) atoms. The number of likely N-dealkylation sites (N-methyl/N-ethyl adjacent to an activating group) is 9. The number of aromatic hydroxyl groups is 9. The summed E-state index contributed by atoms with van der Waals surface area (Å²) in [6, 6.07) is -22.8. The molecular formula is C81H117N9O18. The fourth-order valence-corrected chi connectivity index (χ4v) is 6.55. The number of aliphatic hydroxyl groups is 9. The van der Waals surface area contributed by atoms with Gasteiger partial charge in [-0.25, -0.2) is 0 Å². The van der Waals surface area contributed by atoms with Crippen molar-refractivity contribution in [2.24, 2.45) is 0 Å². The van der Waals surface area contributed by atoms with Gasteiger partial charge >= 0.3 is 0 Å². The Kier molecular flexibility index (Phi) is 23.3. The molecule has 27 heteroatoms. The highest BCUT2D eigenvalue weighted by molar-refractivity contribution is 5.35. The minimum absolute atomic E-state index is 0.105. The number of aliphatic hydroxyl groups excluding tert-OH is 5. The molecule has 0 heterocycles. The molecule has 0 fully saturated rings. The van der Waals surface area contributed by atoms with E-state index in [0.717, 1.165) is 14.1 Å². The Hall–Kier alpha value is -9.54. The second-order valence-electron chi connectivity index (χ2n) is 19.4. The summed E-state index contributed by atoms with van der Waals surface area (Å²) in [6.45, 7) is -10.3. The summed E-state index contributed by atoms with van der Waals surface area (Å²) in [7, 11) is 12.5. The molecule has 594 valence electrons. The van der Waals surface area contributed by atoms with Crippen LogP contribution in [0.4, 0.5) is 0 Å². The molecule has 0 saturated heterocycles. The third-order valence-corrected chi connectivity index (χ3v) is 11.1. The summed E-state index contributed by atoms with van der Waals surface area (Å²) < 4.78 is 358. The molecule has 9 rings (SSSR count). The summed E-state index contributed by atoms with van der Waals surface area (Å²) in [5.41, 5.74) is -4.14. The fraction of sp³-hybridized carbons (Fsp3) is 0.333. The Labute approximate surface area is 701 Å². The predicted octanol–water partition coefficient (Wildman–Crippen LogP) is 5.81.